The summed E-state index contributed by atoms with van der Waals surface area (Å²) in [4.78, 5) is 10.3. The van der Waals surface area contributed by atoms with Crippen molar-refractivity contribution in [1.29, 1.82) is 0 Å². The number of para-hydroxylation sites is 2. The van der Waals surface area contributed by atoms with Gasteiger partial charge in [-0.25, -0.2) is 0 Å². The Hall–Kier alpha value is -3.69. The zero-order valence-electron chi connectivity index (χ0n) is 62.5. The molecule has 0 unspecified atom stereocenters. The van der Waals surface area contributed by atoms with E-state index in [1.165, 1.54) is 66.8 Å². The molecule has 0 bridgehead atoms. The predicted octanol–water partition coefficient (Wildman–Crippen LogP) is 24.8. The van der Waals surface area contributed by atoms with Crippen molar-refractivity contribution in [2.75, 3.05) is 0 Å². The molecule has 8 heteroatoms. The van der Waals surface area contributed by atoms with Crippen molar-refractivity contribution in [2.45, 2.75) is 198 Å². The molecule has 2 aromatic heterocycles. The molecule has 1 radical (unpaired) electrons. The maximum absolute atomic E-state index is 5.15. The summed E-state index contributed by atoms with van der Waals surface area (Å²) in [5.74, 6) is 5.87. The van der Waals surface area contributed by atoms with Crippen molar-refractivity contribution in [3.8, 4) is 22.5 Å². The van der Waals surface area contributed by atoms with E-state index in [0.29, 0.717) is 59.2 Å². The van der Waals surface area contributed by atoms with Gasteiger partial charge in [-0.15, -0.1) is 0 Å². The van der Waals surface area contributed by atoms with E-state index in [2.05, 4.69) is 223 Å². The Labute approximate surface area is 697 Å². The van der Waals surface area contributed by atoms with Gasteiger partial charge in [0.15, 0.2) is 0 Å². The number of nitrogens with zero attached hydrogens (tertiary/aromatic N) is 4. The van der Waals surface area contributed by atoms with Crippen LogP contribution in [0.5, 0.6) is 0 Å². The number of hydrogen-bond donors (Lipinski definition) is 0. The topological polar surface area (TPSA) is 54.0 Å². The SMILES string of the molecule is CC(C)c1cc(C(C)C)c(-c2cccc([N-]c3c(C(C)C)cccc3C(C)C)n2)c(C(C)C)c1.CC(C)c1cc(C(C)C)c(-c2cccc([N-]c3c(C(C)C)cccc3C(C)C)n2)c(C(C)C)c1.[K+].[K].[W].[W].c1ccccc1.c1ccccc1.c1ccccc1.c1ccccc1. The summed E-state index contributed by atoms with van der Waals surface area (Å²) >= 11 is 0. The smallest absolute Gasteiger partial charge is 0.436 e. The molecular formula is C88H110K2N4W2-. The summed E-state index contributed by atoms with van der Waals surface area (Å²) in [5.41, 5.74) is 20.3. The van der Waals surface area contributed by atoms with Gasteiger partial charge in [-0.2, -0.15) is 0 Å². The van der Waals surface area contributed by atoms with E-state index < -0.39 is 0 Å². The minimum absolute atomic E-state index is 0. The van der Waals surface area contributed by atoms with Crippen LogP contribution in [0.2, 0.25) is 0 Å². The van der Waals surface area contributed by atoms with Crippen LogP contribution in [0.3, 0.4) is 0 Å². The zero-order chi connectivity index (χ0) is 67.3. The first-order chi connectivity index (χ1) is 44.0. The molecule has 0 saturated heterocycles. The van der Waals surface area contributed by atoms with Crippen LogP contribution in [0.25, 0.3) is 33.1 Å². The van der Waals surface area contributed by atoms with Gasteiger partial charge in [0.05, 0.1) is 0 Å². The second kappa shape index (κ2) is 48.2. The van der Waals surface area contributed by atoms with Crippen molar-refractivity contribution >= 4 is 74.4 Å². The Morgan fingerprint density at radius 1 is 0.229 bits per heavy atom. The molecule has 0 amide bonds. The first-order valence-corrected chi connectivity index (χ1v) is 34.0. The fourth-order valence-electron chi connectivity index (χ4n) is 10.8. The standard InChI is InChI=1S/2C32H43N2.4C6H6.2K.2W/c2*1-19(2)24-17-27(22(7)8)31(28(18-24)23(9)10)29-15-12-16-30(33-29)34-32-25(20(3)4)13-11-14-26(32)21(5)6;4*1-2-4-6-5-3-1;;;;/h2*11-23H,1-10H3;4*1-6H;;;;/q2*-1;;;;;;+1;;. The average Bonchev–Trinajstić information content (AvgIpc) is 0.789. The van der Waals surface area contributed by atoms with Crippen LogP contribution < -0.4 is 51.4 Å². The molecule has 497 valence electrons. The van der Waals surface area contributed by atoms with Crippen LogP contribution in [0, 0.1) is 0 Å². The van der Waals surface area contributed by atoms with Crippen molar-refractivity contribution < 1.29 is 93.5 Å². The van der Waals surface area contributed by atoms with Crippen LogP contribution in [0.4, 0.5) is 23.0 Å². The third kappa shape index (κ3) is 29.5. The molecule has 10 aromatic rings. The molecule has 2 heterocycles. The van der Waals surface area contributed by atoms with Crippen LogP contribution in [-0.4, -0.2) is 61.4 Å². The second-order valence-electron chi connectivity index (χ2n) is 26.9. The van der Waals surface area contributed by atoms with Crippen molar-refractivity contribution in [1.82, 2.24) is 9.97 Å². The molecule has 0 atom stereocenters. The monoisotopic (exact) mass is 1670 g/mol. The molecule has 0 fully saturated rings. The summed E-state index contributed by atoms with van der Waals surface area (Å²) in [6.07, 6.45) is 0. The largest absolute Gasteiger partial charge is 1.00 e. The number of benzene rings is 8. The van der Waals surface area contributed by atoms with Gasteiger partial charge in [-0.1, -0.05) is 393 Å². The molecule has 10 rings (SSSR count). The number of hydrogen-bond acceptors (Lipinski definition) is 2. The Morgan fingerprint density at radius 2 is 0.406 bits per heavy atom. The van der Waals surface area contributed by atoms with E-state index in [1.54, 1.807) is 0 Å². The first-order valence-electron chi connectivity index (χ1n) is 34.0. The summed E-state index contributed by atoms with van der Waals surface area (Å²) in [6.45, 7) is 45.3. The molecule has 4 nitrogen and oxygen atoms in total. The van der Waals surface area contributed by atoms with Gasteiger partial charge in [0, 0.05) is 93.5 Å². The third-order valence-corrected chi connectivity index (χ3v) is 16.1. The van der Waals surface area contributed by atoms with Gasteiger partial charge in [0.2, 0.25) is 0 Å². The third-order valence-electron chi connectivity index (χ3n) is 16.1. The quantitative estimate of drug-likeness (QED) is 0.0905. The predicted molar refractivity (Wildman–Crippen MR) is 410 cm³/mol. The van der Waals surface area contributed by atoms with Gasteiger partial charge in [0.1, 0.15) is 0 Å². The maximum atomic E-state index is 5.15. The molecule has 0 saturated carbocycles. The van der Waals surface area contributed by atoms with E-state index >= 15 is 0 Å². The van der Waals surface area contributed by atoms with Crippen LogP contribution in [0.15, 0.2) is 243 Å². The molecule has 0 aliphatic carbocycles. The molecular weight excluding hydrogens is 1560 g/mol. The van der Waals surface area contributed by atoms with E-state index in [-0.39, 0.29) is 145 Å². The van der Waals surface area contributed by atoms with E-state index in [4.69, 9.17) is 20.6 Å². The normalized spacial score (nSPS) is 10.5. The van der Waals surface area contributed by atoms with Crippen LogP contribution in [-0.2, 0) is 42.1 Å². The van der Waals surface area contributed by atoms with Crippen molar-refractivity contribution in [2.24, 2.45) is 0 Å². The Morgan fingerprint density at radius 3 is 0.573 bits per heavy atom. The summed E-state index contributed by atoms with van der Waals surface area (Å²) < 4.78 is 0. The minimum atomic E-state index is 0. The van der Waals surface area contributed by atoms with Gasteiger partial charge in [0.25, 0.3) is 0 Å². The second-order valence-corrected chi connectivity index (χ2v) is 26.9. The minimum Gasteiger partial charge on any atom is -0.436 e. The molecule has 0 N–H and O–H groups in total. The first kappa shape index (κ1) is 90.3. The average molecular weight is 1670 g/mol. The molecule has 0 aliphatic heterocycles. The van der Waals surface area contributed by atoms with Crippen molar-refractivity contribution in [3.63, 3.8) is 0 Å². The van der Waals surface area contributed by atoms with E-state index in [1.807, 2.05) is 158 Å². The zero-order valence-corrected chi connectivity index (χ0v) is 74.6. The van der Waals surface area contributed by atoms with Gasteiger partial charge >= 0.3 is 51.4 Å². The fourth-order valence-corrected chi connectivity index (χ4v) is 10.8. The fraction of sp³-hybridized carbons (Fsp3) is 0.341. The molecule has 8 aromatic carbocycles. The van der Waals surface area contributed by atoms with Crippen LogP contribution >= 0.6 is 0 Å². The molecule has 96 heavy (non-hydrogen) atoms. The van der Waals surface area contributed by atoms with Gasteiger partial charge in [-0.3, -0.25) is 0 Å². The van der Waals surface area contributed by atoms with E-state index in [9.17, 15) is 0 Å². The summed E-state index contributed by atoms with van der Waals surface area (Å²) in [6, 6.07) is 83.3. The summed E-state index contributed by atoms with van der Waals surface area (Å²) in [5, 5.41) is 10.3. The molecule has 0 spiro atoms. The Bertz CT molecular complexity index is 3150. The van der Waals surface area contributed by atoms with Crippen LogP contribution in [0.1, 0.15) is 253 Å². The maximum Gasteiger partial charge on any atom is 1.00 e. The van der Waals surface area contributed by atoms with E-state index in [0.717, 1.165) is 34.4 Å². The van der Waals surface area contributed by atoms with Gasteiger partial charge < -0.3 is 20.6 Å². The number of pyridine rings is 2. The Kier molecular flexibility index (Phi) is 45.3. The summed E-state index contributed by atoms with van der Waals surface area (Å²) in [7, 11) is 0. The molecule has 0 aliphatic rings. The van der Waals surface area contributed by atoms with Crippen molar-refractivity contribution in [3.05, 3.63) is 309 Å². The number of aromatic nitrogens is 2. The number of rotatable bonds is 16. The Balaban J connectivity index is 0.000000685. The van der Waals surface area contributed by atoms with Gasteiger partial charge in [-0.05, 0) is 149 Å².